The molecule has 0 bridgehead atoms. The van der Waals surface area contributed by atoms with Crippen LogP contribution in [0.3, 0.4) is 0 Å². The van der Waals surface area contributed by atoms with E-state index in [2.05, 4.69) is 5.32 Å². The molecule has 0 unspecified atom stereocenters. The predicted octanol–water partition coefficient (Wildman–Crippen LogP) is 0.475. The standard InChI is InChI=1S/C9H12N2O3S/c1-4-3-6(7(10)13)9(15-4)11-8(14)5(2)12/h3,5,12H,1-2H3,(H2,10,13)(H,11,14)/t5-/m0/s1. The Morgan fingerprint density at radius 2 is 2.20 bits per heavy atom. The average molecular weight is 228 g/mol. The molecule has 0 spiro atoms. The van der Waals surface area contributed by atoms with E-state index in [0.29, 0.717) is 5.00 Å². The van der Waals surface area contributed by atoms with E-state index in [9.17, 15) is 9.59 Å². The number of carbonyl (C=O) groups is 2. The molecule has 0 aliphatic rings. The summed E-state index contributed by atoms with van der Waals surface area (Å²) in [5, 5.41) is 11.8. The largest absolute Gasteiger partial charge is 0.384 e. The first kappa shape index (κ1) is 11.7. The summed E-state index contributed by atoms with van der Waals surface area (Å²) in [6.07, 6.45) is -1.12. The van der Waals surface area contributed by atoms with Crippen LogP contribution in [0.4, 0.5) is 5.00 Å². The number of nitrogens with two attached hydrogens (primary N) is 1. The van der Waals surface area contributed by atoms with Gasteiger partial charge in [-0.3, -0.25) is 9.59 Å². The van der Waals surface area contributed by atoms with E-state index in [1.54, 1.807) is 13.0 Å². The van der Waals surface area contributed by atoms with Crippen LogP contribution in [0.2, 0.25) is 0 Å². The second-order valence-electron chi connectivity index (χ2n) is 3.13. The highest BCUT2D eigenvalue weighted by Gasteiger charge is 2.16. The molecule has 2 amide bonds. The summed E-state index contributed by atoms with van der Waals surface area (Å²) in [7, 11) is 0. The van der Waals surface area contributed by atoms with Gasteiger partial charge in [-0.2, -0.15) is 0 Å². The van der Waals surface area contributed by atoms with Crippen molar-refractivity contribution in [2.75, 3.05) is 5.32 Å². The Kier molecular flexibility index (Phi) is 3.43. The molecule has 82 valence electrons. The van der Waals surface area contributed by atoms with Crippen LogP contribution in [0.1, 0.15) is 22.2 Å². The molecule has 1 heterocycles. The number of hydrogen-bond donors (Lipinski definition) is 3. The molecule has 0 fully saturated rings. The Morgan fingerprint density at radius 1 is 1.60 bits per heavy atom. The summed E-state index contributed by atoms with van der Waals surface area (Å²) < 4.78 is 0. The molecule has 4 N–H and O–H groups in total. The zero-order valence-corrected chi connectivity index (χ0v) is 9.22. The van der Waals surface area contributed by atoms with Crippen LogP contribution in [0.25, 0.3) is 0 Å². The van der Waals surface area contributed by atoms with Crippen molar-refractivity contribution in [3.63, 3.8) is 0 Å². The zero-order valence-electron chi connectivity index (χ0n) is 8.40. The topological polar surface area (TPSA) is 92.4 Å². The third-order valence-corrected chi connectivity index (χ3v) is 2.70. The lowest BCUT2D eigenvalue weighted by Crippen LogP contribution is -2.25. The number of aliphatic hydroxyl groups is 1. The van der Waals surface area contributed by atoms with Gasteiger partial charge < -0.3 is 16.2 Å². The number of nitrogens with one attached hydrogen (secondary N) is 1. The number of rotatable bonds is 3. The highest BCUT2D eigenvalue weighted by molar-refractivity contribution is 7.16. The monoisotopic (exact) mass is 228 g/mol. The van der Waals surface area contributed by atoms with E-state index >= 15 is 0 Å². The third kappa shape index (κ3) is 2.77. The van der Waals surface area contributed by atoms with Crippen molar-refractivity contribution in [2.45, 2.75) is 20.0 Å². The number of thiophene rings is 1. The van der Waals surface area contributed by atoms with Crippen molar-refractivity contribution in [2.24, 2.45) is 5.73 Å². The fourth-order valence-electron chi connectivity index (χ4n) is 1.01. The lowest BCUT2D eigenvalue weighted by Gasteiger charge is -2.05. The molecule has 6 heteroatoms. The molecular formula is C9H12N2O3S. The Hall–Kier alpha value is -1.40. The Balaban J connectivity index is 2.94. The summed E-state index contributed by atoms with van der Waals surface area (Å²) in [6.45, 7) is 3.15. The molecule has 1 aromatic heterocycles. The third-order valence-electron chi connectivity index (χ3n) is 1.74. The minimum Gasteiger partial charge on any atom is -0.384 e. The maximum absolute atomic E-state index is 11.2. The van der Waals surface area contributed by atoms with Crippen LogP contribution >= 0.6 is 11.3 Å². The summed E-state index contributed by atoms with van der Waals surface area (Å²) in [5.41, 5.74) is 5.40. The molecule has 0 aliphatic carbocycles. The maximum atomic E-state index is 11.2. The summed E-state index contributed by atoms with van der Waals surface area (Å²) in [6, 6.07) is 1.60. The lowest BCUT2D eigenvalue weighted by molar-refractivity contribution is -0.123. The van der Waals surface area contributed by atoms with Gasteiger partial charge in [0.25, 0.3) is 11.8 Å². The number of aryl methyl sites for hydroxylation is 1. The minimum atomic E-state index is -1.12. The fraction of sp³-hybridized carbons (Fsp3) is 0.333. The van der Waals surface area contributed by atoms with Crippen LogP contribution in [0.15, 0.2) is 6.07 Å². The van der Waals surface area contributed by atoms with Crippen molar-refractivity contribution < 1.29 is 14.7 Å². The van der Waals surface area contributed by atoms with Crippen LogP contribution in [0.5, 0.6) is 0 Å². The highest BCUT2D eigenvalue weighted by Crippen LogP contribution is 2.27. The average Bonchev–Trinajstić information content (AvgIpc) is 2.46. The van der Waals surface area contributed by atoms with E-state index in [1.165, 1.54) is 18.3 Å². The zero-order chi connectivity index (χ0) is 11.6. The Bertz CT molecular complexity index is 398. The van der Waals surface area contributed by atoms with Gasteiger partial charge in [0.2, 0.25) is 0 Å². The van der Waals surface area contributed by atoms with Crippen LogP contribution in [-0.4, -0.2) is 23.0 Å². The Labute approximate surface area is 90.9 Å². The molecule has 1 atom stereocenters. The van der Waals surface area contributed by atoms with Gasteiger partial charge in [-0.05, 0) is 19.9 Å². The van der Waals surface area contributed by atoms with Gasteiger partial charge in [-0.1, -0.05) is 0 Å². The number of primary amides is 1. The molecule has 0 radical (unpaired) electrons. The van der Waals surface area contributed by atoms with Crippen molar-refractivity contribution in [1.82, 2.24) is 0 Å². The van der Waals surface area contributed by atoms with E-state index in [1.807, 2.05) is 0 Å². The molecule has 15 heavy (non-hydrogen) atoms. The number of hydrogen-bond acceptors (Lipinski definition) is 4. The summed E-state index contributed by atoms with van der Waals surface area (Å²) in [4.78, 5) is 23.1. The molecule has 0 aliphatic heterocycles. The van der Waals surface area contributed by atoms with Crippen molar-refractivity contribution >= 4 is 28.2 Å². The lowest BCUT2D eigenvalue weighted by atomic mass is 10.2. The maximum Gasteiger partial charge on any atom is 0.253 e. The molecule has 0 saturated heterocycles. The van der Waals surface area contributed by atoms with Crippen molar-refractivity contribution in [3.05, 3.63) is 16.5 Å². The minimum absolute atomic E-state index is 0.270. The van der Waals surface area contributed by atoms with Gasteiger partial charge in [-0.15, -0.1) is 11.3 Å². The first-order valence-corrected chi connectivity index (χ1v) is 5.12. The predicted molar refractivity (Wildman–Crippen MR) is 57.9 cm³/mol. The van der Waals surface area contributed by atoms with E-state index in [-0.39, 0.29) is 5.56 Å². The second kappa shape index (κ2) is 4.41. The smallest absolute Gasteiger partial charge is 0.253 e. The summed E-state index contributed by atoms with van der Waals surface area (Å²) >= 11 is 1.24. The van der Waals surface area contributed by atoms with Gasteiger partial charge in [0.05, 0.1) is 5.56 Å². The summed E-state index contributed by atoms with van der Waals surface area (Å²) in [5.74, 6) is -1.15. The van der Waals surface area contributed by atoms with Gasteiger partial charge in [0.1, 0.15) is 11.1 Å². The van der Waals surface area contributed by atoms with E-state index in [0.717, 1.165) is 4.88 Å². The molecule has 1 rings (SSSR count). The van der Waals surface area contributed by atoms with Crippen LogP contribution in [0, 0.1) is 6.92 Å². The number of amides is 2. The second-order valence-corrected chi connectivity index (χ2v) is 4.39. The van der Waals surface area contributed by atoms with Gasteiger partial charge in [0, 0.05) is 4.88 Å². The first-order chi connectivity index (χ1) is 6.91. The van der Waals surface area contributed by atoms with Crippen LogP contribution < -0.4 is 11.1 Å². The van der Waals surface area contributed by atoms with E-state index < -0.39 is 17.9 Å². The quantitative estimate of drug-likeness (QED) is 0.702. The van der Waals surface area contributed by atoms with Gasteiger partial charge in [-0.25, -0.2) is 0 Å². The molecule has 1 aromatic rings. The van der Waals surface area contributed by atoms with E-state index in [4.69, 9.17) is 10.8 Å². The van der Waals surface area contributed by atoms with Crippen molar-refractivity contribution in [3.8, 4) is 0 Å². The molecule has 5 nitrogen and oxygen atoms in total. The van der Waals surface area contributed by atoms with Crippen LogP contribution in [-0.2, 0) is 4.79 Å². The van der Waals surface area contributed by atoms with Crippen molar-refractivity contribution in [1.29, 1.82) is 0 Å². The molecular weight excluding hydrogens is 216 g/mol. The van der Waals surface area contributed by atoms with Gasteiger partial charge >= 0.3 is 0 Å². The number of carbonyl (C=O) groups excluding carboxylic acids is 2. The highest BCUT2D eigenvalue weighted by atomic mass is 32.1. The molecule has 0 aromatic carbocycles. The first-order valence-electron chi connectivity index (χ1n) is 4.31. The van der Waals surface area contributed by atoms with Gasteiger partial charge in [0.15, 0.2) is 0 Å². The Morgan fingerprint density at radius 3 is 2.67 bits per heavy atom. The number of aliphatic hydroxyl groups excluding tert-OH is 1. The fourth-order valence-corrected chi connectivity index (χ4v) is 1.93. The normalized spacial score (nSPS) is 12.2. The molecule has 0 saturated carbocycles. The number of anilines is 1. The SMILES string of the molecule is Cc1cc(C(N)=O)c(NC(=O)[C@H](C)O)s1.